The van der Waals surface area contributed by atoms with E-state index in [1.807, 2.05) is 10.6 Å². The Balaban J connectivity index is 3.28. The predicted octanol–water partition coefficient (Wildman–Crippen LogP) is -8.95. The molecule has 0 radical (unpaired) electrons. The van der Waals surface area contributed by atoms with Crippen LogP contribution in [0, 0.1) is 29.6 Å². The molecule has 0 aromatic carbocycles. The molecule has 15 atom stereocenters. The van der Waals surface area contributed by atoms with Crippen LogP contribution < -0.4 is 97.0 Å². The predicted molar refractivity (Wildman–Crippen MR) is 419 cm³/mol. The van der Waals surface area contributed by atoms with Crippen molar-refractivity contribution >= 4 is 118 Å². The van der Waals surface area contributed by atoms with E-state index in [9.17, 15) is 127 Å². The molecule has 0 bridgehead atoms. The SMILES string of the molecule is CC(C)C[C@H](NC(=O)[C@H](CCCCN)NC(=O)[C@H](CO)NC(=O)[C@@H](N)CCCCN)C(=O)NCC(=O)N[C@@H](CC(=O)O)C(=O)N[C@@H](CC(C)C)C(=O)N[C@H](C(=O)N[C@H](C(=O)N[C@H](C(=O)N[C@@H](CO)C(=O)N[C@@H](CC(C)C)C(=O)N1CCC[C@H]1C(=O)NCC(=O)NCC(=O)N[C@@H](CC(=O)O)C(=O)N[C@@H](CC(=O)O)C(=O)O)C(C)C)[C@@H](C)O)C(C)C. The number of aliphatic hydroxyl groups excluding tert-OH is 3. The molecule has 674 valence electrons. The number of rotatable bonds is 57. The lowest BCUT2D eigenvalue weighted by Crippen LogP contribution is -2.63. The van der Waals surface area contributed by atoms with Crippen LogP contribution in [0.5, 0.6) is 0 Å². The lowest BCUT2D eigenvalue weighted by atomic mass is 9.98. The number of nitrogens with one attached hydrogen (secondary N) is 15. The maximum absolute atomic E-state index is 14.3. The van der Waals surface area contributed by atoms with Gasteiger partial charge in [-0.1, -0.05) is 75.7 Å². The maximum atomic E-state index is 14.3. The Labute approximate surface area is 688 Å². The second kappa shape index (κ2) is 54.3. The number of carbonyl (C=O) groups excluding carboxylic acids is 16. The van der Waals surface area contributed by atoms with Crippen molar-refractivity contribution in [3.8, 4) is 0 Å². The van der Waals surface area contributed by atoms with E-state index in [0.29, 0.717) is 32.2 Å². The zero-order valence-corrected chi connectivity index (χ0v) is 69.1. The Morgan fingerprint density at radius 2 is 0.723 bits per heavy atom. The van der Waals surface area contributed by atoms with Crippen LogP contribution in [0.2, 0.25) is 0 Å². The Kier molecular flexibility index (Phi) is 48.4. The largest absolute Gasteiger partial charge is 0.481 e. The molecule has 46 nitrogen and oxygen atoms in total. The number of carbonyl (C=O) groups is 20. The summed E-state index contributed by atoms with van der Waals surface area (Å²) in [4.78, 5) is 265. The lowest BCUT2D eigenvalue weighted by molar-refractivity contribution is -0.148. The van der Waals surface area contributed by atoms with Crippen LogP contribution in [0.4, 0.5) is 0 Å². The summed E-state index contributed by atoms with van der Waals surface area (Å²) in [6.07, 6.45) is -2.83. The molecule has 1 heterocycles. The number of nitrogens with zero attached hydrogens (tertiary/aromatic N) is 1. The molecule has 1 saturated heterocycles. The van der Waals surface area contributed by atoms with Gasteiger partial charge in [-0.15, -0.1) is 0 Å². The number of hydrogen-bond donors (Lipinski definition) is 25. The van der Waals surface area contributed by atoms with Gasteiger partial charge in [-0.05, 0) is 114 Å². The number of amides is 16. The number of likely N-dealkylation sites (tertiary alicyclic amines) is 1. The molecule has 0 saturated carbocycles. The zero-order valence-electron chi connectivity index (χ0n) is 69.1. The van der Waals surface area contributed by atoms with Crippen molar-refractivity contribution in [2.24, 2.45) is 46.8 Å². The highest BCUT2D eigenvalue weighted by molar-refractivity contribution is 6.01. The molecule has 0 aliphatic carbocycles. The average Bonchev–Trinajstić information content (AvgIpc) is 1.78. The van der Waals surface area contributed by atoms with Crippen molar-refractivity contribution in [3.05, 3.63) is 0 Å². The number of unbranched alkanes of at least 4 members (excludes halogenated alkanes) is 2. The Bertz CT molecular complexity index is 3490. The van der Waals surface area contributed by atoms with Gasteiger partial charge in [-0.25, -0.2) is 4.79 Å². The molecule has 1 rings (SSSR count). The highest BCUT2D eigenvalue weighted by Gasteiger charge is 2.42. The molecule has 119 heavy (non-hydrogen) atoms. The summed E-state index contributed by atoms with van der Waals surface area (Å²) >= 11 is 0. The summed E-state index contributed by atoms with van der Waals surface area (Å²) in [5.41, 5.74) is 17.2. The third kappa shape index (κ3) is 40.0. The van der Waals surface area contributed by atoms with Crippen molar-refractivity contribution in [1.82, 2.24) is 84.7 Å². The van der Waals surface area contributed by atoms with Crippen LogP contribution in [0.25, 0.3) is 0 Å². The second-order valence-corrected chi connectivity index (χ2v) is 30.8. The highest BCUT2D eigenvalue weighted by atomic mass is 16.4. The number of nitrogens with two attached hydrogens (primary N) is 3. The van der Waals surface area contributed by atoms with E-state index in [1.54, 1.807) is 41.5 Å². The first-order chi connectivity index (χ1) is 55.6. The number of carboxylic acid groups (broad SMARTS) is 4. The normalized spacial score (nSPS) is 16.1. The number of aliphatic hydroxyl groups is 3. The molecule has 0 aromatic rings. The first-order valence-electron chi connectivity index (χ1n) is 39.3. The Hall–Kier alpha value is -10.8. The monoisotopic (exact) mass is 1700 g/mol. The van der Waals surface area contributed by atoms with Crippen LogP contribution in [0.1, 0.15) is 166 Å². The third-order valence-electron chi connectivity index (χ3n) is 18.3. The molecule has 16 amide bonds. The topological polar surface area (TPSA) is 745 Å². The van der Waals surface area contributed by atoms with Gasteiger partial charge in [-0.3, -0.25) is 91.1 Å². The summed E-state index contributed by atoms with van der Waals surface area (Å²) in [7, 11) is 0. The molecule has 1 aliphatic heterocycles. The zero-order chi connectivity index (χ0) is 90.8. The van der Waals surface area contributed by atoms with Crippen molar-refractivity contribution in [2.45, 2.75) is 257 Å². The number of aliphatic carboxylic acids is 4. The summed E-state index contributed by atoms with van der Waals surface area (Å²) in [6.45, 7) is 13.2. The summed E-state index contributed by atoms with van der Waals surface area (Å²) in [5, 5.41) is 104. The summed E-state index contributed by atoms with van der Waals surface area (Å²) in [5.74, 6) is -25.7. The van der Waals surface area contributed by atoms with E-state index in [2.05, 4.69) is 69.1 Å². The number of carboxylic acids is 4. The molecule has 0 unspecified atom stereocenters. The standard InChI is InChI=1S/C73H125N19O27/c1-34(2)23-42(83-62(107)41(18-13-15-21-75)82-66(111)48(32-93)87-60(105)40(76)17-12-14-20-74)61(106)78-31-53(98)81-44(26-54(99)100)63(108)84-43(24-35(3)4)65(110)89-58(38(9)10)70(115)91-59(39(11)95)71(116)90-57(37(7)8)69(114)88-49(33-94)67(112)85-46(25-36(5)6)72(117)92-22-16-19-50(92)68(113)79-29-51(96)77-30-52(97)80-45(27-55(101)102)64(109)86-47(73(118)119)28-56(103)104/h34-50,57-59,93-95H,12-33,74-76H2,1-11H3,(H,77,96)(H,78,106)(H,79,113)(H,80,97)(H,81,98)(H,82,111)(H,83,107)(H,84,108)(H,85,112)(H,86,109)(H,87,105)(H,88,114)(H,89,110)(H,90,116)(H,91,115)(H,99,100)(H,101,102)(H,103,104)(H,118,119)/t39-,40+,41+,42+,43+,44+,45+,46+,47+,48+,49+,50+,57+,58+,59+/m1/s1. The summed E-state index contributed by atoms with van der Waals surface area (Å²) in [6, 6.07) is -22.1. The average molecular weight is 1700 g/mol. The van der Waals surface area contributed by atoms with Crippen molar-refractivity contribution in [3.63, 3.8) is 0 Å². The van der Waals surface area contributed by atoms with E-state index in [-0.39, 0.29) is 69.9 Å². The fraction of sp³-hybridized carbons (Fsp3) is 0.726. The van der Waals surface area contributed by atoms with E-state index >= 15 is 0 Å². The van der Waals surface area contributed by atoms with Gasteiger partial charge in [0.2, 0.25) is 94.5 Å². The van der Waals surface area contributed by atoms with Crippen LogP contribution >= 0.6 is 0 Å². The Morgan fingerprint density at radius 3 is 1.17 bits per heavy atom. The minimum Gasteiger partial charge on any atom is -0.481 e. The number of hydrogen-bond acceptors (Lipinski definition) is 26. The van der Waals surface area contributed by atoms with E-state index in [0.717, 1.165) is 11.8 Å². The van der Waals surface area contributed by atoms with Gasteiger partial charge in [0, 0.05) is 6.54 Å². The third-order valence-corrected chi connectivity index (χ3v) is 18.3. The van der Waals surface area contributed by atoms with Crippen LogP contribution in [-0.4, -0.2) is 302 Å². The fourth-order valence-electron chi connectivity index (χ4n) is 12.0. The molecule has 1 fully saturated rings. The van der Waals surface area contributed by atoms with Crippen LogP contribution in [-0.2, 0) is 95.9 Å². The van der Waals surface area contributed by atoms with Crippen molar-refractivity contribution in [2.75, 3.05) is 52.5 Å². The van der Waals surface area contributed by atoms with Crippen LogP contribution in [0.3, 0.4) is 0 Å². The maximum Gasteiger partial charge on any atom is 0.326 e. The van der Waals surface area contributed by atoms with Crippen molar-refractivity contribution in [1.29, 1.82) is 0 Å². The minimum absolute atomic E-state index is 0.00723. The van der Waals surface area contributed by atoms with Crippen LogP contribution in [0.15, 0.2) is 0 Å². The molecule has 0 aromatic heterocycles. The van der Waals surface area contributed by atoms with Gasteiger partial charge in [0.1, 0.15) is 78.5 Å². The minimum atomic E-state index is -2.00. The van der Waals surface area contributed by atoms with Gasteiger partial charge in [-0.2, -0.15) is 0 Å². The fourth-order valence-corrected chi connectivity index (χ4v) is 12.0. The second-order valence-electron chi connectivity index (χ2n) is 30.8. The van der Waals surface area contributed by atoms with Gasteiger partial charge in [0.25, 0.3) is 0 Å². The first kappa shape index (κ1) is 106. The molecule has 0 spiro atoms. The molecule has 28 N–H and O–H groups in total. The van der Waals surface area contributed by atoms with E-state index in [4.69, 9.17) is 22.3 Å². The highest BCUT2D eigenvalue weighted by Crippen LogP contribution is 2.22. The van der Waals surface area contributed by atoms with Gasteiger partial charge < -0.3 is 138 Å². The lowest BCUT2D eigenvalue weighted by Gasteiger charge is -2.31. The van der Waals surface area contributed by atoms with Gasteiger partial charge in [0.05, 0.1) is 64.3 Å². The molecule has 46 heteroatoms. The summed E-state index contributed by atoms with van der Waals surface area (Å²) < 4.78 is 0. The molecular weight excluding hydrogens is 1570 g/mol. The Morgan fingerprint density at radius 1 is 0.370 bits per heavy atom. The van der Waals surface area contributed by atoms with Gasteiger partial charge in [0.15, 0.2) is 0 Å². The molecule has 1 aliphatic rings. The van der Waals surface area contributed by atoms with E-state index < -0.39 is 279 Å². The van der Waals surface area contributed by atoms with Crippen molar-refractivity contribution < 1.29 is 132 Å². The quantitative estimate of drug-likeness (QED) is 0.0252. The first-order valence-corrected chi connectivity index (χ1v) is 39.3. The smallest absolute Gasteiger partial charge is 0.326 e. The van der Waals surface area contributed by atoms with E-state index in [1.165, 1.54) is 27.7 Å². The molecular formula is C73H125N19O27. The van der Waals surface area contributed by atoms with Gasteiger partial charge >= 0.3 is 23.9 Å².